The van der Waals surface area contributed by atoms with Gasteiger partial charge in [0.1, 0.15) is 10.6 Å². The first-order valence-corrected chi connectivity index (χ1v) is 9.71. The van der Waals surface area contributed by atoms with Crippen LogP contribution in [0.15, 0.2) is 32.2 Å². The third kappa shape index (κ3) is 2.68. The van der Waals surface area contributed by atoms with Crippen LogP contribution in [0.3, 0.4) is 0 Å². The van der Waals surface area contributed by atoms with Crippen molar-refractivity contribution in [3.63, 3.8) is 0 Å². The van der Waals surface area contributed by atoms with E-state index in [-0.39, 0.29) is 34.7 Å². The number of carbonyl (C=O) groups excluding carboxylic acids is 1. The summed E-state index contributed by atoms with van der Waals surface area (Å²) in [5.74, 6) is -0.283. The fourth-order valence-electron chi connectivity index (χ4n) is 2.41. The number of hydrogen-bond donors (Lipinski definition) is 1. The minimum absolute atomic E-state index is 0.0102. The Morgan fingerprint density at radius 2 is 1.91 bits per heavy atom. The number of phenolic OH excluding ortho intramolecular Hbond substituents is 1. The first kappa shape index (κ1) is 16.5. The topological polar surface area (TPSA) is 92.5 Å². The van der Waals surface area contributed by atoms with Crippen molar-refractivity contribution >= 4 is 53.4 Å². The molecule has 1 aromatic heterocycles. The molecule has 3 rings (SSSR count). The molecule has 1 amide bonds. The molecule has 0 saturated carbocycles. The van der Waals surface area contributed by atoms with Crippen molar-refractivity contribution < 1.29 is 18.3 Å². The molecule has 0 spiro atoms. The molecular formula is C13H11Br2N3O4S. The van der Waals surface area contributed by atoms with Crippen molar-refractivity contribution in [3.8, 4) is 5.75 Å². The quantitative estimate of drug-likeness (QED) is 0.697. The van der Waals surface area contributed by atoms with Gasteiger partial charge in [-0.05, 0) is 44.0 Å². The van der Waals surface area contributed by atoms with E-state index in [0.29, 0.717) is 14.5 Å². The number of amides is 1. The Labute approximate surface area is 149 Å². The van der Waals surface area contributed by atoms with Crippen LogP contribution in [0, 0.1) is 0 Å². The second-order valence-electron chi connectivity index (χ2n) is 5.02. The number of aryl methyl sites for hydroxylation is 1. The second kappa shape index (κ2) is 5.60. The molecule has 0 bridgehead atoms. The Morgan fingerprint density at radius 1 is 1.30 bits per heavy atom. The maximum Gasteiger partial charge on any atom is 0.259 e. The molecule has 122 valence electrons. The molecule has 0 radical (unpaired) electrons. The Hall–Kier alpha value is -1.39. The van der Waals surface area contributed by atoms with Crippen LogP contribution in [0.5, 0.6) is 5.75 Å². The van der Waals surface area contributed by atoms with Crippen LogP contribution < -0.4 is 4.90 Å². The van der Waals surface area contributed by atoms with Crippen molar-refractivity contribution in [1.29, 1.82) is 0 Å². The summed E-state index contributed by atoms with van der Waals surface area (Å²) >= 11 is 6.36. The summed E-state index contributed by atoms with van der Waals surface area (Å²) in [6, 6.07) is 2.98. The third-order valence-corrected chi connectivity index (χ3v) is 6.45. The van der Waals surface area contributed by atoms with Gasteiger partial charge in [0.05, 0.1) is 20.9 Å². The fourth-order valence-corrected chi connectivity index (χ4v) is 4.97. The molecule has 2 heterocycles. The van der Waals surface area contributed by atoms with Crippen molar-refractivity contribution in [2.24, 2.45) is 7.05 Å². The van der Waals surface area contributed by atoms with Crippen molar-refractivity contribution in [3.05, 3.63) is 32.8 Å². The number of sulfone groups is 1. The zero-order valence-corrected chi connectivity index (χ0v) is 15.8. The molecule has 1 N–H and O–H groups in total. The largest absolute Gasteiger partial charge is 0.506 e. The molecule has 1 aliphatic rings. The Morgan fingerprint density at radius 3 is 2.52 bits per heavy atom. The third-order valence-electron chi connectivity index (χ3n) is 3.56. The molecule has 1 aromatic carbocycles. The molecule has 0 fully saturated rings. The van der Waals surface area contributed by atoms with Gasteiger partial charge in [-0.1, -0.05) is 0 Å². The van der Waals surface area contributed by atoms with Crippen molar-refractivity contribution in [1.82, 2.24) is 9.78 Å². The molecule has 7 nitrogen and oxygen atoms in total. The van der Waals surface area contributed by atoms with E-state index in [1.54, 1.807) is 7.05 Å². The van der Waals surface area contributed by atoms with Crippen molar-refractivity contribution in [2.45, 2.75) is 4.90 Å². The highest BCUT2D eigenvalue weighted by Crippen LogP contribution is 2.35. The van der Waals surface area contributed by atoms with Gasteiger partial charge in [-0.25, -0.2) is 8.42 Å². The van der Waals surface area contributed by atoms with E-state index < -0.39 is 9.84 Å². The lowest BCUT2D eigenvalue weighted by atomic mass is 10.2. The average molecular weight is 465 g/mol. The maximum atomic E-state index is 12.8. The second-order valence-corrected chi connectivity index (χ2v) is 8.81. The lowest BCUT2D eigenvalue weighted by Crippen LogP contribution is -2.40. The summed E-state index contributed by atoms with van der Waals surface area (Å²) in [6.45, 7) is 0.0455. The predicted octanol–water partition coefficient (Wildman–Crippen LogP) is 2.08. The van der Waals surface area contributed by atoms with Gasteiger partial charge in [0.15, 0.2) is 15.7 Å². The molecule has 0 atom stereocenters. The zero-order valence-electron chi connectivity index (χ0n) is 11.8. The fraction of sp³-hybridized carbons (Fsp3) is 0.231. The normalized spacial score (nSPS) is 16.2. The maximum absolute atomic E-state index is 12.8. The van der Waals surface area contributed by atoms with Crippen LogP contribution in [-0.2, 0) is 16.9 Å². The van der Waals surface area contributed by atoms with E-state index in [2.05, 4.69) is 37.0 Å². The molecule has 0 unspecified atom stereocenters. The summed E-state index contributed by atoms with van der Waals surface area (Å²) in [6.07, 6.45) is 1.26. The smallest absolute Gasteiger partial charge is 0.259 e. The van der Waals surface area contributed by atoms with E-state index in [9.17, 15) is 18.3 Å². The SMILES string of the molecule is Cn1ncc2c1N(C(=O)c1cc(Br)c(O)c(Br)c1)CCS2(=O)=O. The average Bonchev–Trinajstić information content (AvgIpc) is 2.87. The lowest BCUT2D eigenvalue weighted by molar-refractivity contribution is 0.0985. The Balaban J connectivity index is 2.09. The van der Waals surface area contributed by atoms with E-state index in [1.165, 1.54) is 27.9 Å². The highest BCUT2D eigenvalue weighted by Gasteiger charge is 2.35. The van der Waals surface area contributed by atoms with Gasteiger partial charge in [0.25, 0.3) is 5.91 Å². The zero-order chi connectivity index (χ0) is 16.9. The molecule has 1 aliphatic heterocycles. The minimum Gasteiger partial charge on any atom is -0.506 e. The summed E-state index contributed by atoms with van der Waals surface area (Å²) in [7, 11) is -1.84. The molecule has 23 heavy (non-hydrogen) atoms. The molecular weight excluding hydrogens is 454 g/mol. The Bertz CT molecular complexity index is 900. The van der Waals surface area contributed by atoms with E-state index in [4.69, 9.17) is 0 Å². The first-order valence-electron chi connectivity index (χ1n) is 6.47. The number of phenols is 1. The van der Waals surface area contributed by atoms with Gasteiger partial charge < -0.3 is 5.11 Å². The number of rotatable bonds is 1. The highest BCUT2D eigenvalue weighted by atomic mass is 79.9. The summed E-state index contributed by atoms with van der Waals surface area (Å²) in [5, 5.41) is 13.7. The number of hydrogen-bond acceptors (Lipinski definition) is 5. The number of anilines is 1. The van der Waals surface area contributed by atoms with Gasteiger partial charge >= 0.3 is 0 Å². The standard InChI is InChI=1S/C13H11Br2N3O4S/c1-17-12-10(6-16-17)23(21,22)3-2-18(12)13(20)7-4-8(14)11(19)9(15)5-7/h4-6,19H,2-3H2,1H3. The number of halogens is 2. The van der Waals surface area contributed by atoms with Crippen LogP contribution in [0.2, 0.25) is 0 Å². The van der Waals surface area contributed by atoms with Crippen LogP contribution >= 0.6 is 31.9 Å². The number of nitrogens with zero attached hydrogens (tertiary/aromatic N) is 3. The van der Waals surface area contributed by atoms with Crippen LogP contribution in [0.4, 0.5) is 5.82 Å². The first-order chi connectivity index (χ1) is 10.7. The lowest BCUT2D eigenvalue weighted by Gasteiger charge is -2.27. The number of carbonyl (C=O) groups is 1. The van der Waals surface area contributed by atoms with Gasteiger partial charge in [0.2, 0.25) is 0 Å². The summed E-state index contributed by atoms with van der Waals surface area (Å²) in [4.78, 5) is 14.2. The van der Waals surface area contributed by atoms with Gasteiger partial charge in [0, 0.05) is 19.2 Å². The summed E-state index contributed by atoms with van der Waals surface area (Å²) in [5.41, 5.74) is 0.313. The summed E-state index contributed by atoms with van der Waals surface area (Å²) < 4.78 is 26.3. The number of aromatic nitrogens is 2. The number of fused-ring (bicyclic) bond motifs is 1. The van der Waals surface area contributed by atoms with Gasteiger partial charge in [-0.3, -0.25) is 14.4 Å². The predicted molar refractivity (Wildman–Crippen MR) is 90.4 cm³/mol. The molecule has 0 aliphatic carbocycles. The molecule has 10 heteroatoms. The van der Waals surface area contributed by atoms with E-state index >= 15 is 0 Å². The molecule has 0 saturated heterocycles. The number of benzene rings is 1. The minimum atomic E-state index is -3.43. The van der Waals surface area contributed by atoms with Gasteiger partial charge in [-0.2, -0.15) is 5.10 Å². The van der Waals surface area contributed by atoms with Gasteiger partial charge in [-0.15, -0.1) is 0 Å². The highest BCUT2D eigenvalue weighted by molar-refractivity contribution is 9.11. The van der Waals surface area contributed by atoms with E-state index in [1.807, 2.05) is 0 Å². The van der Waals surface area contributed by atoms with Crippen LogP contribution in [-0.4, -0.2) is 41.5 Å². The number of aromatic hydroxyl groups is 1. The Kier molecular flexibility index (Phi) is 4.01. The molecule has 2 aromatic rings. The van der Waals surface area contributed by atoms with Crippen molar-refractivity contribution in [2.75, 3.05) is 17.2 Å². The van der Waals surface area contributed by atoms with E-state index in [0.717, 1.165) is 0 Å². The van der Waals surface area contributed by atoms with Crippen LogP contribution in [0.25, 0.3) is 0 Å². The van der Waals surface area contributed by atoms with Crippen LogP contribution in [0.1, 0.15) is 10.4 Å². The monoisotopic (exact) mass is 463 g/mol.